The lowest BCUT2D eigenvalue weighted by Gasteiger charge is -2.17. The van der Waals surface area contributed by atoms with Gasteiger partial charge in [-0.15, -0.1) is 0 Å². The van der Waals surface area contributed by atoms with Crippen LogP contribution in [0.2, 0.25) is 0 Å². The fourth-order valence-corrected chi connectivity index (χ4v) is 4.16. The number of fused-ring (bicyclic) bond motifs is 3. The van der Waals surface area contributed by atoms with Crippen LogP contribution in [-0.4, -0.2) is 16.8 Å². The molecule has 1 heterocycles. The van der Waals surface area contributed by atoms with E-state index in [-0.39, 0.29) is 11.8 Å². The summed E-state index contributed by atoms with van der Waals surface area (Å²) in [6.45, 7) is 2.26. The van der Waals surface area contributed by atoms with Crippen molar-refractivity contribution in [2.75, 3.05) is 0 Å². The second kappa shape index (κ2) is 7.19. The number of hydrogen-bond donors (Lipinski definition) is 3. The van der Waals surface area contributed by atoms with Crippen LogP contribution >= 0.6 is 15.9 Å². The minimum Gasteiger partial charge on any atom is -0.358 e. The summed E-state index contributed by atoms with van der Waals surface area (Å²) in [5.41, 5.74) is 9.38. The van der Waals surface area contributed by atoms with Crippen molar-refractivity contribution in [1.29, 1.82) is 0 Å². The molecule has 0 radical (unpaired) electrons. The van der Waals surface area contributed by atoms with Gasteiger partial charge < -0.3 is 4.98 Å². The van der Waals surface area contributed by atoms with Gasteiger partial charge in [0.1, 0.15) is 0 Å². The molecule has 1 aliphatic carbocycles. The molecule has 0 bridgehead atoms. The highest BCUT2D eigenvalue weighted by atomic mass is 79.9. The minimum atomic E-state index is -0.373. The molecule has 3 aromatic rings. The van der Waals surface area contributed by atoms with Crippen molar-refractivity contribution in [3.05, 3.63) is 69.3 Å². The van der Waals surface area contributed by atoms with Gasteiger partial charge in [-0.3, -0.25) is 20.4 Å². The van der Waals surface area contributed by atoms with Gasteiger partial charge in [-0.2, -0.15) is 0 Å². The molecule has 0 saturated carbocycles. The van der Waals surface area contributed by atoms with Gasteiger partial charge in [0, 0.05) is 15.6 Å². The molecule has 0 saturated heterocycles. The fourth-order valence-electron chi connectivity index (χ4n) is 3.70. The Kier molecular flexibility index (Phi) is 4.74. The second-order valence-electron chi connectivity index (χ2n) is 7.05. The number of hydrogen-bond acceptors (Lipinski definition) is 2. The van der Waals surface area contributed by atoms with E-state index in [2.05, 4.69) is 44.8 Å². The molecule has 6 heteroatoms. The first kappa shape index (κ1) is 17.8. The summed E-state index contributed by atoms with van der Waals surface area (Å²) >= 11 is 3.34. The molecule has 138 valence electrons. The Morgan fingerprint density at radius 2 is 1.74 bits per heavy atom. The van der Waals surface area contributed by atoms with Gasteiger partial charge in [0.15, 0.2) is 0 Å². The molecule has 1 aliphatic rings. The highest BCUT2D eigenvalue weighted by Gasteiger charge is 2.22. The number of hydrazine groups is 1. The molecule has 0 unspecified atom stereocenters. The van der Waals surface area contributed by atoms with Crippen molar-refractivity contribution in [3.63, 3.8) is 0 Å². The van der Waals surface area contributed by atoms with E-state index in [0.29, 0.717) is 21.5 Å². The molecule has 0 fully saturated rings. The van der Waals surface area contributed by atoms with Crippen LogP contribution in [0.15, 0.2) is 46.9 Å². The van der Waals surface area contributed by atoms with Gasteiger partial charge in [-0.25, -0.2) is 0 Å². The lowest BCUT2D eigenvalue weighted by molar-refractivity contribution is 0.0847. The standard InChI is InChI=1S/C21H20BrN3O2/c1-12-9-10-18-16(11-12)13-6-4-7-15(19(13)23-18)21(27)25-24-20(26)14-5-2-3-8-17(14)22/h2-8,12,23H,9-11H2,1H3,(H,24,26)(H,25,27)/t12-/m1/s1. The van der Waals surface area contributed by atoms with Gasteiger partial charge in [-0.1, -0.05) is 31.2 Å². The number of carbonyl (C=O) groups is 2. The number of benzene rings is 2. The molecule has 3 N–H and O–H groups in total. The Labute approximate surface area is 165 Å². The van der Waals surface area contributed by atoms with Crippen LogP contribution in [0.4, 0.5) is 0 Å². The average Bonchev–Trinajstić information content (AvgIpc) is 3.04. The number of carbonyl (C=O) groups excluding carboxylic acids is 2. The smallest absolute Gasteiger partial charge is 0.271 e. The number of nitrogens with one attached hydrogen (secondary N) is 3. The highest BCUT2D eigenvalue weighted by molar-refractivity contribution is 9.10. The summed E-state index contributed by atoms with van der Waals surface area (Å²) in [5.74, 6) is -0.0622. The summed E-state index contributed by atoms with van der Waals surface area (Å²) in [5, 5.41) is 1.10. The maximum Gasteiger partial charge on any atom is 0.271 e. The zero-order valence-corrected chi connectivity index (χ0v) is 16.5. The normalized spacial score (nSPS) is 16.0. The molecular formula is C21H20BrN3O2. The molecule has 1 aromatic heterocycles. The second-order valence-corrected chi connectivity index (χ2v) is 7.90. The zero-order valence-electron chi connectivity index (χ0n) is 14.9. The topological polar surface area (TPSA) is 74.0 Å². The lowest BCUT2D eigenvalue weighted by atomic mass is 9.87. The summed E-state index contributed by atoms with van der Waals surface area (Å²) in [6.07, 6.45) is 3.19. The lowest BCUT2D eigenvalue weighted by Crippen LogP contribution is -2.41. The van der Waals surface area contributed by atoms with E-state index in [4.69, 9.17) is 0 Å². The first-order valence-corrected chi connectivity index (χ1v) is 9.81. The van der Waals surface area contributed by atoms with E-state index < -0.39 is 0 Å². The van der Waals surface area contributed by atoms with Crippen molar-refractivity contribution >= 4 is 38.6 Å². The first-order valence-electron chi connectivity index (χ1n) is 9.02. The third-order valence-corrected chi connectivity index (χ3v) is 5.81. The number of amides is 2. The minimum absolute atomic E-state index is 0.340. The first-order chi connectivity index (χ1) is 13.0. The molecule has 0 aliphatic heterocycles. The number of aromatic nitrogens is 1. The summed E-state index contributed by atoms with van der Waals surface area (Å²) in [7, 11) is 0. The Morgan fingerprint density at radius 3 is 2.52 bits per heavy atom. The third kappa shape index (κ3) is 3.37. The van der Waals surface area contributed by atoms with E-state index >= 15 is 0 Å². The predicted octanol–water partition coefficient (Wildman–Crippen LogP) is 4.13. The quantitative estimate of drug-likeness (QED) is 0.539. The molecule has 1 atom stereocenters. The molecule has 4 rings (SSSR count). The summed E-state index contributed by atoms with van der Waals surface area (Å²) in [6, 6.07) is 12.8. The molecule has 0 spiro atoms. The van der Waals surface area contributed by atoms with Gasteiger partial charge >= 0.3 is 0 Å². The Morgan fingerprint density at radius 1 is 1.04 bits per heavy atom. The van der Waals surface area contributed by atoms with E-state index in [1.54, 1.807) is 24.3 Å². The van der Waals surface area contributed by atoms with Crippen LogP contribution in [0, 0.1) is 5.92 Å². The number of rotatable bonds is 2. The molecule has 5 nitrogen and oxygen atoms in total. The molecule has 2 amide bonds. The highest BCUT2D eigenvalue weighted by Crippen LogP contribution is 2.32. The molecule has 2 aromatic carbocycles. The zero-order chi connectivity index (χ0) is 19.0. The van der Waals surface area contributed by atoms with Gasteiger partial charge in [0.25, 0.3) is 11.8 Å². The number of H-pyrrole nitrogens is 1. The van der Waals surface area contributed by atoms with Gasteiger partial charge in [0.05, 0.1) is 16.6 Å². The van der Waals surface area contributed by atoms with Crippen LogP contribution < -0.4 is 10.9 Å². The van der Waals surface area contributed by atoms with Crippen LogP contribution in [0.3, 0.4) is 0 Å². The van der Waals surface area contributed by atoms with Crippen molar-refractivity contribution < 1.29 is 9.59 Å². The Balaban J connectivity index is 1.57. The Bertz CT molecular complexity index is 1040. The number of aryl methyl sites for hydroxylation is 1. The van der Waals surface area contributed by atoms with Crippen molar-refractivity contribution in [2.24, 2.45) is 5.92 Å². The van der Waals surface area contributed by atoms with E-state index in [0.717, 1.165) is 30.2 Å². The van der Waals surface area contributed by atoms with E-state index in [9.17, 15) is 9.59 Å². The third-order valence-electron chi connectivity index (χ3n) is 5.12. The van der Waals surface area contributed by atoms with Crippen molar-refractivity contribution in [1.82, 2.24) is 15.8 Å². The van der Waals surface area contributed by atoms with Crippen LogP contribution in [-0.2, 0) is 12.8 Å². The van der Waals surface area contributed by atoms with Crippen molar-refractivity contribution in [3.8, 4) is 0 Å². The monoisotopic (exact) mass is 425 g/mol. The maximum atomic E-state index is 12.7. The van der Waals surface area contributed by atoms with E-state index in [1.807, 2.05) is 12.1 Å². The van der Waals surface area contributed by atoms with Crippen molar-refractivity contribution in [2.45, 2.75) is 26.2 Å². The number of halogens is 1. The van der Waals surface area contributed by atoms with Gasteiger partial charge in [-0.05, 0) is 64.9 Å². The summed E-state index contributed by atoms with van der Waals surface area (Å²) in [4.78, 5) is 28.4. The predicted molar refractivity (Wildman–Crippen MR) is 109 cm³/mol. The number of para-hydroxylation sites is 1. The summed E-state index contributed by atoms with van der Waals surface area (Å²) < 4.78 is 0.671. The van der Waals surface area contributed by atoms with Crippen LogP contribution in [0.5, 0.6) is 0 Å². The molecular weight excluding hydrogens is 406 g/mol. The van der Waals surface area contributed by atoms with E-state index in [1.165, 1.54) is 11.3 Å². The largest absolute Gasteiger partial charge is 0.358 e. The number of aromatic amines is 1. The van der Waals surface area contributed by atoms with Gasteiger partial charge in [0.2, 0.25) is 0 Å². The maximum absolute atomic E-state index is 12.7. The SMILES string of the molecule is C[C@@H]1CCc2[nH]c3c(C(=O)NNC(=O)c4ccccc4Br)cccc3c2C1. The van der Waals surface area contributed by atoms with Crippen LogP contribution in [0.1, 0.15) is 45.3 Å². The Hall–Kier alpha value is -2.60. The average molecular weight is 426 g/mol. The van der Waals surface area contributed by atoms with Crippen LogP contribution in [0.25, 0.3) is 10.9 Å². The molecule has 27 heavy (non-hydrogen) atoms. The fraction of sp³-hybridized carbons (Fsp3) is 0.238.